The van der Waals surface area contributed by atoms with Crippen LogP contribution < -0.4 is 9.64 Å². The van der Waals surface area contributed by atoms with Gasteiger partial charge in [0.1, 0.15) is 5.75 Å². The Hall–Kier alpha value is -1.18. The maximum atomic E-state index is 5.89. The molecule has 2 nitrogen and oxygen atoms in total. The second-order valence-corrected chi connectivity index (χ2v) is 4.68. The van der Waals surface area contributed by atoms with Crippen LogP contribution in [0.4, 0.5) is 5.69 Å². The summed E-state index contributed by atoms with van der Waals surface area (Å²) in [6, 6.07) is 6.51. The average Bonchev–Trinajstić information content (AvgIpc) is 2.39. The summed E-state index contributed by atoms with van der Waals surface area (Å²) in [5, 5.41) is 0. The summed E-state index contributed by atoms with van der Waals surface area (Å²) in [5.41, 5.74) is 2.48. The summed E-state index contributed by atoms with van der Waals surface area (Å²) >= 11 is 0. The second kappa shape index (κ2) is 8.02. The van der Waals surface area contributed by atoms with E-state index in [0.29, 0.717) is 0 Å². The third kappa shape index (κ3) is 4.25. The highest BCUT2D eigenvalue weighted by Crippen LogP contribution is 2.25. The normalized spacial score (nSPS) is 10.4. The Balaban J connectivity index is 2.68. The number of ether oxygens (including phenoxy) is 1. The van der Waals surface area contributed by atoms with Crippen LogP contribution in [0.15, 0.2) is 18.2 Å². The maximum Gasteiger partial charge on any atom is 0.124 e. The molecule has 18 heavy (non-hydrogen) atoms. The molecule has 0 aliphatic rings. The SMILES string of the molecule is CCCCCOc1cc(N(CC)CC)ccc1C. The first-order valence-corrected chi connectivity index (χ1v) is 7.21. The number of hydrogen-bond donors (Lipinski definition) is 0. The molecule has 0 fully saturated rings. The number of anilines is 1. The van der Waals surface area contributed by atoms with Gasteiger partial charge in [-0.15, -0.1) is 0 Å². The lowest BCUT2D eigenvalue weighted by Gasteiger charge is -2.22. The highest BCUT2D eigenvalue weighted by Gasteiger charge is 2.06. The van der Waals surface area contributed by atoms with Crippen LogP contribution in [-0.2, 0) is 0 Å². The van der Waals surface area contributed by atoms with Gasteiger partial charge in [-0.05, 0) is 38.8 Å². The Morgan fingerprint density at radius 1 is 1.06 bits per heavy atom. The van der Waals surface area contributed by atoms with E-state index >= 15 is 0 Å². The van der Waals surface area contributed by atoms with Crippen LogP contribution in [0.1, 0.15) is 45.6 Å². The zero-order valence-corrected chi connectivity index (χ0v) is 12.3. The van der Waals surface area contributed by atoms with Gasteiger partial charge in [0.25, 0.3) is 0 Å². The van der Waals surface area contributed by atoms with Crippen molar-refractivity contribution < 1.29 is 4.74 Å². The fraction of sp³-hybridized carbons (Fsp3) is 0.625. The third-order valence-electron chi connectivity index (χ3n) is 3.31. The molecule has 1 rings (SSSR count). The van der Waals surface area contributed by atoms with Crippen molar-refractivity contribution >= 4 is 5.69 Å². The molecule has 2 heteroatoms. The number of rotatable bonds is 8. The second-order valence-electron chi connectivity index (χ2n) is 4.68. The van der Waals surface area contributed by atoms with Gasteiger partial charge in [0.2, 0.25) is 0 Å². The molecule has 0 aliphatic heterocycles. The van der Waals surface area contributed by atoms with E-state index in [1.807, 2.05) is 0 Å². The van der Waals surface area contributed by atoms with E-state index in [4.69, 9.17) is 4.74 Å². The first kappa shape index (κ1) is 14.9. The molecule has 0 N–H and O–H groups in total. The Labute approximate surface area is 112 Å². The van der Waals surface area contributed by atoms with Crippen molar-refractivity contribution in [3.63, 3.8) is 0 Å². The van der Waals surface area contributed by atoms with Gasteiger partial charge in [0.05, 0.1) is 6.61 Å². The van der Waals surface area contributed by atoms with Crippen molar-refractivity contribution in [3.8, 4) is 5.75 Å². The molecular formula is C16H27NO. The van der Waals surface area contributed by atoms with Crippen molar-refractivity contribution in [1.82, 2.24) is 0 Å². The van der Waals surface area contributed by atoms with Gasteiger partial charge in [0.15, 0.2) is 0 Å². The van der Waals surface area contributed by atoms with Gasteiger partial charge in [0, 0.05) is 24.8 Å². The molecular weight excluding hydrogens is 222 g/mol. The van der Waals surface area contributed by atoms with Crippen molar-refractivity contribution in [2.75, 3.05) is 24.6 Å². The van der Waals surface area contributed by atoms with Gasteiger partial charge >= 0.3 is 0 Å². The molecule has 0 amide bonds. The fourth-order valence-electron chi connectivity index (χ4n) is 2.06. The van der Waals surface area contributed by atoms with E-state index < -0.39 is 0 Å². The fourth-order valence-corrected chi connectivity index (χ4v) is 2.06. The first-order chi connectivity index (χ1) is 8.72. The Morgan fingerprint density at radius 2 is 1.78 bits per heavy atom. The van der Waals surface area contributed by atoms with Crippen LogP contribution in [-0.4, -0.2) is 19.7 Å². The maximum absolute atomic E-state index is 5.89. The van der Waals surface area contributed by atoms with Gasteiger partial charge in [-0.25, -0.2) is 0 Å². The summed E-state index contributed by atoms with van der Waals surface area (Å²) in [5.74, 6) is 1.04. The third-order valence-corrected chi connectivity index (χ3v) is 3.31. The largest absolute Gasteiger partial charge is 0.493 e. The zero-order chi connectivity index (χ0) is 13.4. The number of hydrogen-bond acceptors (Lipinski definition) is 2. The zero-order valence-electron chi connectivity index (χ0n) is 12.3. The topological polar surface area (TPSA) is 12.5 Å². The summed E-state index contributed by atoms with van der Waals surface area (Å²) < 4.78 is 5.89. The highest BCUT2D eigenvalue weighted by atomic mass is 16.5. The summed E-state index contributed by atoms with van der Waals surface area (Å²) in [7, 11) is 0. The Morgan fingerprint density at radius 3 is 2.39 bits per heavy atom. The van der Waals surface area contributed by atoms with Crippen molar-refractivity contribution in [2.24, 2.45) is 0 Å². The highest BCUT2D eigenvalue weighted by molar-refractivity contribution is 5.53. The molecule has 0 radical (unpaired) electrons. The minimum atomic E-state index is 0.830. The average molecular weight is 249 g/mol. The van der Waals surface area contributed by atoms with Crippen LogP contribution in [0.2, 0.25) is 0 Å². The smallest absolute Gasteiger partial charge is 0.124 e. The van der Waals surface area contributed by atoms with Crippen molar-refractivity contribution in [3.05, 3.63) is 23.8 Å². The van der Waals surface area contributed by atoms with Gasteiger partial charge in [-0.3, -0.25) is 0 Å². The molecule has 0 unspecified atom stereocenters. The quantitative estimate of drug-likeness (QED) is 0.633. The molecule has 0 aliphatic carbocycles. The predicted molar refractivity (Wildman–Crippen MR) is 79.8 cm³/mol. The standard InChI is InChI=1S/C16H27NO/c1-5-8-9-12-18-16-13-15(11-10-14(16)4)17(6-2)7-3/h10-11,13H,5-9,12H2,1-4H3. The minimum Gasteiger partial charge on any atom is -0.493 e. The number of benzene rings is 1. The minimum absolute atomic E-state index is 0.830. The summed E-state index contributed by atoms with van der Waals surface area (Å²) in [4.78, 5) is 2.35. The lowest BCUT2D eigenvalue weighted by Crippen LogP contribution is -2.21. The molecule has 0 saturated carbocycles. The van der Waals surface area contributed by atoms with E-state index in [-0.39, 0.29) is 0 Å². The number of aryl methyl sites for hydroxylation is 1. The van der Waals surface area contributed by atoms with Crippen LogP contribution in [0.25, 0.3) is 0 Å². The summed E-state index contributed by atoms with van der Waals surface area (Å²) in [6.45, 7) is 11.6. The number of nitrogens with zero attached hydrogens (tertiary/aromatic N) is 1. The van der Waals surface area contributed by atoms with E-state index in [9.17, 15) is 0 Å². The van der Waals surface area contributed by atoms with Gasteiger partial charge < -0.3 is 9.64 Å². The van der Waals surface area contributed by atoms with E-state index in [2.05, 4.69) is 50.8 Å². The monoisotopic (exact) mass is 249 g/mol. The molecule has 0 saturated heterocycles. The molecule has 1 aromatic rings. The molecule has 0 bridgehead atoms. The van der Waals surface area contributed by atoms with Crippen molar-refractivity contribution in [2.45, 2.75) is 47.0 Å². The van der Waals surface area contributed by atoms with Crippen LogP contribution in [0, 0.1) is 6.92 Å². The first-order valence-electron chi connectivity index (χ1n) is 7.21. The van der Waals surface area contributed by atoms with Gasteiger partial charge in [-0.1, -0.05) is 25.8 Å². The lowest BCUT2D eigenvalue weighted by atomic mass is 10.2. The Bertz CT molecular complexity index is 345. The lowest BCUT2D eigenvalue weighted by molar-refractivity contribution is 0.304. The molecule has 0 spiro atoms. The Kier molecular flexibility index (Phi) is 6.63. The van der Waals surface area contributed by atoms with Crippen LogP contribution in [0.3, 0.4) is 0 Å². The molecule has 1 aromatic carbocycles. The van der Waals surface area contributed by atoms with Crippen molar-refractivity contribution in [1.29, 1.82) is 0 Å². The van der Waals surface area contributed by atoms with Crippen LogP contribution >= 0.6 is 0 Å². The molecule has 0 heterocycles. The number of unbranched alkanes of at least 4 members (excludes halogenated alkanes) is 2. The van der Waals surface area contributed by atoms with E-state index in [1.165, 1.54) is 24.1 Å². The van der Waals surface area contributed by atoms with Gasteiger partial charge in [-0.2, -0.15) is 0 Å². The van der Waals surface area contributed by atoms with E-state index in [1.54, 1.807) is 0 Å². The molecule has 0 atom stereocenters. The van der Waals surface area contributed by atoms with Crippen LogP contribution in [0.5, 0.6) is 5.75 Å². The van der Waals surface area contributed by atoms with E-state index in [0.717, 1.165) is 31.9 Å². The summed E-state index contributed by atoms with van der Waals surface area (Å²) in [6.07, 6.45) is 3.63. The molecule has 0 aromatic heterocycles. The predicted octanol–water partition coefficient (Wildman–Crippen LogP) is 4.41. The molecule has 102 valence electrons.